The minimum Gasteiger partial charge on any atom is -0.317 e. The fourth-order valence-corrected chi connectivity index (χ4v) is 3.94. The average Bonchev–Trinajstić information content (AvgIpc) is 3.09. The molecule has 0 atom stereocenters. The molecule has 0 radical (unpaired) electrons. The molecule has 1 aliphatic rings. The summed E-state index contributed by atoms with van der Waals surface area (Å²) in [6.07, 6.45) is 5.68. The van der Waals surface area contributed by atoms with Crippen molar-refractivity contribution in [2.24, 2.45) is 0 Å². The van der Waals surface area contributed by atoms with Crippen LogP contribution in [-0.2, 0) is 0 Å². The van der Waals surface area contributed by atoms with Gasteiger partial charge < -0.3 is 5.32 Å². The van der Waals surface area contributed by atoms with Crippen molar-refractivity contribution in [1.82, 2.24) is 29.9 Å². The summed E-state index contributed by atoms with van der Waals surface area (Å²) in [5.41, 5.74) is 5.83. The number of nitrogens with one attached hydrogen (secondary N) is 1. The van der Waals surface area contributed by atoms with E-state index in [0.29, 0.717) is 28.2 Å². The molecule has 0 spiro atoms. The summed E-state index contributed by atoms with van der Waals surface area (Å²) in [5, 5.41) is 7.94. The lowest BCUT2D eigenvalue weighted by atomic mass is 9.95. The van der Waals surface area contributed by atoms with Crippen molar-refractivity contribution >= 4 is 29.1 Å². The highest BCUT2D eigenvalue weighted by Crippen LogP contribution is 2.28. The molecule has 4 heterocycles. The highest BCUT2D eigenvalue weighted by atomic mass is 35.5. The Labute approximate surface area is 174 Å². The van der Waals surface area contributed by atoms with E-state index in [0.717, 1.165) is 48.5 Å². The molecule has 1 aromatic carbocycles. The molecule has 4 aromatic rings. The molecule has 1 N–H and O–H groups in total. The summed E-state index contributed by atoms with van der Waals surface area (Å²) in [5.74, 6) is -0.0226. The number of hydrogen-bond donors (Lipinski definition) is 1. The van der Waals surface area contributed by atoms with Crippen molar-refractivity contribution in [3.05, 3.63) is 53.4 Å². The molecule has 3 aromatic heterocycles. The minimum atomic E-state index is -0.364. The lowest BCUT2D eigenvalue weighted by Crippen LogP contribution is -2.27. The maximum absolute atomic E-state index is 14.9. The van der Waals surface area contributed by atoms with Crippen molar-refractivity contribution in [2.45, 2.75) is 32.6 Å². The van der Waals surface area contributed by atoms with Crippen LogP contribution < -0.4 is 5.32 Å². The molecule has 1 saturated heterocycles. The lowest BCUT2D eigenvalue weighted by Gasteiger charge is -2.22. The summed E-state index contributed by atoms with van der Waals surface area (Å²) in [4.78, 5) is 13.6. The Morgan fingerprint density at radius 1 is 1.10 bits per heavy atom. The van der Waals surface area contributed by atoms with Gasteiger partial charge in [0, 0.05) is 17.7 Å². The first-order valence-electron chi connectivity index (χ1n) is 9.59. The molecule has 8 heteroatoms. The predicted octanol–water partition coefficient (Wildman–Crippen LogP) is 3.98. The predicted molar refractivity (Wildman–Crippen MR) is 113 cm³/mol. The molecule has 29 heavy (non-hydrogen) atoms. The molecule has 150 valence electrons. The van der Waals surface area contributed by atoms with Crippen LogP contribution in [0.25, 0.3) is 27.9 Å². The summed E-state index contributed by atoms with van der Waals surface area (Å²) in [6, 6.07) is 5.29. The topological polar surface area (TPSA) is 68.0 Å². The zero-order valence-corrected chi connectivity index (χ0v) is 17.1. The number of piperidine rings is 1. The van der Waals surface area contributed by atoms with E-state index in [-0.39, 0.29) is 18.2 Å². The van der Waals surface area contributed by atoms with Gasteiger partial charge in [0.1, 0.15) is 5.52 Å². The molecular formula is C21H22ClFN6. The van der Waals surface area contributed by atoms with Crippen LogP contribution in [0.4, 0.5) is 4.39 Å². The summed E-state index contributed by atoms with van der Waals surface area (Å²) in [6.45, 7) is 5.84. The van der Waals surface area contributed by atoms with Crippen molar-refractivity contribution in [3.63, 3.8) is 0 Å². The van der Waals surface area contributed by atoms with Gasteiger partial charge in [-0.3, -0.25) is 4.98 Å². The van der Waals surface area contributed by atoms with E-state index in [1.165, 1.54) is 6.07 Å². The quantitative estimate of drug-likeness (QED) is 0.539. The number of halogens is 2. The van der Waals surface area contributed by atoms with Crippen LogP contribution in [0.2, 0.25) is 0 Å². The maximum atomic E-state index is 14.9. The SMILES string of the molecule is Cc1cn2nc(-c3cc(F)c4nc(C5CCNCC5)cnc4c3)cc(C)c2n1.Cl. The van der Waals surface area contributed by atoms with Crippen LogP contribution in [0.5, 0.6) is 0 Å². The Morgan fingerprint density at radius 2 is 1.90 bits per heavy atom. The number of benzene rings is 1. The van der Waals surface area contributed by atoms with Gasteiger partial charge in [0.2, 0.25) is 0 Å². The Kier molecular flexibility index (Phi) is 5.19. The van der Waals surface area contributed by atoms with E-state index in [1.54, 1.807) is 10.7 Å². The molecule has 0 bridgehead atoms. The molecule has 0 saturated carbocycles. The van der Waals surface area contributed by atoms with E-state index >= 15 is 0 Å². The zero-order chi connectivity index (χ0) is 19.3. The fraction of sp³-hybridized carbons (Fsp3) is 0.333. The van der Waals surface area contributed by atoms with Crippen molar-refractivity contribution in [1.29, 1.82) is 0 Å². The highest BCUT2D eigenvalue weighted by Gasteiger charge is 2.19. The first-order valence-corrected chi connectivity index (χ1v) is 9.59. The number of rotatable bonds is 2. The maximum Gasteiger partial charge on any atom is 0.156 e. The number of fused-ring (bicyclic) bond motifs is 2. The molecule has 6 nitrogen and oxygen atoms in total. The summed E-state index contributed by atoms with van der Waals surface area (Å²) >= 11 is 0. The third kappa shape index (κ3) is 3.56. The smallest absolute Gasteiger partial charge is 0.156 e. The Morgan fingerprint density at radius 3 is 2.69 bits per heavy atom. The van der Waals surface area contributed by atoms with Crippen LogP contribution in [0.3, 0.4) is 0 Å². The standard InChI is InChI=1S/C21H21FN6.ClH/c1-12-7-17(27-28-11-13(2)25-21(12)28)15-8-16(22)20-18(9-15)24-10-19(26-20)14-3-5-23-6-4-14;/h7-11,14,23H,3-6H2,1-2H3;1H. The molecule has 5 rings (SSSR count). The first kappa shape index (κ1) is 19.7. The number of hydrogen-bond acceptors (Lipinski definition) is 5. The largest absolute Gasteiger partial charge is 0.317 e. The van der Waals surface area contributed by atoms with Gasteiger partial charge in [0.05, 0.1) is 28.8 Å². The summed E-state index contributed by atoms with van der Waals surface area (Å²) < 4.78 is 16.7. The van der Waals surface area contributed by atoms with Crippen molar-refractivity contribution in [2.75, 3.05) is 13.1 Å². The van der Waals surface area contributed by atoms with Gasteiger partial charge in [0.15, 0.2) is 11.5 Å². The second-order valence-corrected chi connectivity index (χ2v) is 7.51. The first-order chi connectivity index (χ1) is 13.6. The number of imidazole rings is 1. The van der Waals surface area contributed by atoms with Crippen LogP contribution >= 0.6 is 12.4 Å². The van der Waals surface area contributed by atoms with E-state index < -0.39 is 0 Å². The third-order valence-electron chi connectivity index (χ3n) is 5.40. The molecule has 0 unspecified atom stereocenters. The van der Waals surface area contributed by atoms with Crippen LogP contribution in [0.1, 0.15) is 35.7 Å². The third-order valence-corrected chi connectivity index (χ3v) is 5.40. The van der Waals surface area contributed by atoms with Gasteiger partial charge in [-0.05, 0) is 63.5 Å². The minimum absolute atomic E-state index is 0. The Hall–Kier alpha value is -2.64. The van der Waals surface area contributed by atoms with Gasteiger partial charge in [-0.2, -0.15) is 5.10 Å². The Balaban J connectivity index is 0.00000205. The van der Waals surface area contributed by atoms with Gasteiger partial charge in [-0.15, -0.1) is 12.4 Å². The normalized spacial score (nSPS) is 15.0. The van der Waals surface area contributed by atoms with Crippen LogP contribution in [0.15, 0.2) is 30.6 Å². The molecular weight excluding hydrogens is 391 g/mol. The monoisotopic (exact) mass is 412 g/mol. The Bertz CT molecular complexity index is 1200. The molecule has 0 amide bonds. The van der Waals surface area contributed by atoms with E-state index in [9.17, 15) is 4.39 Å². The number of aryl methyl sites for hydroxylation is 2. The molecule has 0 aliphatic carbocycles. The van der Waals surface area contributed by atoms with Gasteiger partial charge >= 0.3 is 0 Å². The average molecular weight is 413 g/mol. The number of aromatic nitrogens is 5. The second-order valence-electron chi connectivity index (χ2n) is 7.51. The second kappa shape index (κ2) is 7.65. The van der Waals surface area contributed by atoms with Gasteiger partial charge in [0.25, 0.3) is 0 Å². The molecule has 1 fully saturated rings. The van der Waals surface area contributed by atoms with Crippen molar-refractivity contribution in [3.8, 4) is 11.3 Å². The van der Waals surface area contributed by atoms with Crippen LogP contribution in [-0.4, -0.2) is 37.7 Å². The van der Waals surface area contributed by atoms with E-state index in [4.69, 9.17) is 0 Å². The van der Waals surface area contributed by atoms with Crippen molar-refractivity contribution < 1.29 is 4.39 Å². The highest BCUT2D eigenvalue weighted by molar-refractivity contribution is 5.85. The zero-order valence-electron chi connectivity index (χ0n) is 16.3. The van der Waals surface area contributed by atoms with E-state index in [1.807, 2.05) is 32.2 Å². The number of nitrogens with zero attached hydrogens (tertiary/aromatic N) is 5. The molecule has 1 aliphatic heterocycles. The fourth-order valence-electron chi connectivity index (χ4n) is 3.94. The lowest BCUT2D eigenvalue weighted by molar-refractivity contribution is 0.453. The van der Waals surface area contributed by atoms with Crippen LogP contribution in [0, 0.1) is 19.7 Å². The van der Waals surface area contributed by atoms with E-state index in [2.05, 4.69) is 25.4 Å². The van der Waals surface area contributed by atoms with Gasteiger partial charge in [-0.25, -0.2) is 18.9 Å². The summed E-state index contributed by atoms with van der Waals surface area (Å²) in [7, 11) is 0. The van der Waals surface area contributed by atoms with Gasteiger partial charge in [-0.1, -0.05) is 0 Å².